The van der Waals surface area contributed by atoms with Crippen molar-refractivity contribution in [2.75, 3.05) is 0 Å². The van der Waals surface area contributed by atoms with E-state index in [1.165, 1.54) is 6.07 Å². The first-order valence-corrected chi connectivity index (χ1v) is 7.46. The van der Waals surface area contributed by atoms with Crippen molar-refractivity contribution in [3.63, 3.8) is 0 Å². The summed E-state index contributed by atoms with van der Waals surface area (Å²) in [6, 6.07) is 4.92. The van der Waals surface area contributed by atoms with E-state index in [4.69, 9.17) is 5.73 Å². The number of nitrogens with zero attached hydrogens (tertiary/aromatic N) is 2. The zero-order chi connectivity index (χ0) is 14.9. The summed E-state index contributed by atoms with van der Waals surface area (Å²) in [5.41, 5.74) is 9.74. The van der Waals surface area contributed by atoms with E-state index in [1.54, 1.807) is 12.1 Å². The topological polar surface area (TPSA) is 43.8 Å². The van der Waals surface area contributed by atoms with Gasteiger partial charge >= 0.3 is 0 Å². The highest BCUT2D eigenvalue weighted by Crippen LogP contribution is 2.24. The van der Waals surface area contributed by atoms with E-state index < -0.39 is 0 Å². The van der Waals surface area contributed by atoms with Crippen LogP contribution in [0.1, 0.15) is 41.9 Å². The van der Waals surface area contributed by atoms with Gasteiger partial charge in [-0.25, -0.2) is 4.39 Å². The van der Waals surface area contributed by atoms with Crippen LogP contribution in [0.3, 0.4) is 0 Å². The quantitative estimate of drug-likeness (QED) is 0.919. The monoisotopic (exact) mass is 339 g/mol. The molecule has 1 heterocycles. The molecule has 5 heteroatoms. The van der Waals surface area contributed by atoms with Crippen molar-refractivity contribution in [2.45, 2.75) is 39.8 Å². The van der Waals surface area contributed by atoms with Crippen LogP contribution in [0, 0.1) is 19.7 Å². The van der Waals surface area contributed by atoms with Crippen LogP contribution in [0.25, 0.3) is 0 Å². The van der Waals surface area contributed by atoms with Gasteiger partial charge in [0.25, 0.3) is 0 Å². The Kier molecular flexibility index (Phi) is 4.60. The summed E-state index contributed by atoms with van der Waals surface area (Å²) in [4.78, 5) is 0. The van der Waals surface area contributed by atoms with Crippen molar-refractivity contribution in [3.05, 3.63) is 51.0 Å². The fraction of sp³-hybridized carbons (Fsp3) is 0.400. The Balaban J connectivity index is 2.37. The SMILES string of the molecule is CCC(N)c1c(C)nn(Cc2cc(Br)ccc2F)c1C. The molecule has 1 unspecified atom stereocenters. The lowest BCUT2D eigenvalue weighted by molar-refractivity contribution is 0.577. The van der Waals surface area contributed by atoms with E-state index in [-0.39, 0.29) is 11.9 Å². The Morgan fingerprint density at radius 3 is 2.75 bits per heavy atom. The molecule has 0 saturated carbocycles. The fourth-order valence-corrected chi connectivity index (χ4v) is 2.84. The second-order valence-corrected chi connectivity index (χ2v) is 5.91. The van der Waals surface area contributed by atoms with E-state index in [1.807, 2.05) is 18.5 Å². The lowest BCUT2D eigenvalue weighted by Gasteiger charge is -2.10. The molecular weight excluding hydrogens is 321 g/mol. The Bertz CT molecular complexity index is 622. The maximum atomic E-state index is 13.8. The molecule has 2 N–H and O–H groups in total. The number of nitrogens with two attached hydrogens (primary N) is 1. The smallest absolute Gasteiger partial charge is 0.128 e. The van der Waals surface area contributed by atoms with E-state index in [2.05, 4.69) is 28.0 Å². The third kappa shape index (κ3) is 2.94. The lowest BCUT2D eigenvalue weighted by atomic mass is 10.0. The summed E-state index contributed by atoms with van der Waals surface area (Å²) < 4.78 is 16.5. The number of halogens is 2. The molecule has 1 aromatic heterocycles. The van der Waals surface area contributed by atoms with Gasteiger partial charge in [-0.1, -0.05) is 22.9 Å². The summed E-state index contributed by atoms with van der Waals surface area (Å²) in [5.74, 6) is -0.220. The van der Waals surface area contributed by atoms with Gasteiger partial charge in [-0.15, -0.1) is 0 Å². The van der Waals surface area contributed by atoms with Crippen LogP contribution in [0.2, 0.25) is 0 Å². The van der Waals surface area contributed by atoms with Gasteiger partial charge in [0, 0.05) is 27.3 Å². The molecule has 0 bridgehead atoms. The minimum absolute atomic E-state index is 0.0175. The van der Waals surface area contributed by atoms with Crippen molar-refractivity contribution >= 4 is 15.9 Å². The third-order valence-electron chi connectivity index (χ3n) is 3.58. The van der Waals surface area contributed by atoms with Crippen LogP contribution < -0.4 is 5.73 Å². The van der Waals surface area contributed by atoms with Crippen LogP contribution >= 0.6 is 15.9 Å². The first kappa shape index (κ1) is 15.2. The second-order valence-electron chi connectivity index (χ2n) is 4.99. The van der Waals surface area contributed by atoms with Crippen molar-refractivity contribution < 1.29 is 4.39 Å². The number of rotatable bonds is 4. The summed E-state index contributed by atoms with van der Waals surface area (Å²) in [6.07, 6.45) is 0.860. The molecule has 20 heavy (non-hydrogen) atoms. The van der Waals surface area contributed by atoms with Crippen LogP contribution in [-0.2, 0) is 6.54 Å². The van der Waals surface area contributed by atoms with E-state index in [0.717, 1.165) is 27.8 Å². The molecule has 0 fully saturated rings. The number of benzene rings is 1. The lowest BCUT2D eigenvalue weighted by Crippen LogP contribution is -2.11. The standard InChI is InChI=1S/C15H19BrFN3/c1-4-14(18)15-9(2)19-20(10(15)3)8-11-7-12(16)5-6-13(11)17/h5-7,14H,4,8,18H2,1-3H3. The molecule has 0 aliphatic heterocycles. The van der Waals surface area contributed by atoms with Crippen LogP contribution in [-0.4, -0.2) is 9.78 Å². The largest absolute Gasteiger partial charge is 0.324 e. The van der Waals surface area contributed by atoms with E-state index in [9.17, 15) is 4.39 Å². The van der Waals surface area contributed by atoms with Crippen LogP contribution in [0.4, 0.5) is 4.39 Å². The number of hydrogen-bond acceptors (Lipinski definition) is 2. The van der Waals surface area contributed by atoms with Gasteiger partial charge in [0.2, 0.25) is 0 Å². The molecule has 0 aliphatic rings. The van der Waals surface area contributed by atoms with Gasteiger partial charge in [-0.05, 0) is 38.5 Å². The van der Waals surface area contributed by atoms with Gasteiger partial charge in [0.15, 0.2) is 0 Å². The van der Waals surface area contributed by atoms with Gasteiger partial charge in [-0.2, -0.15) is 5.10 Å². The molecule has 1 atom stereocenters. The third-order valence-corrected chi connectivity index (χ3v) is 4.07. The van der Waals surface area contributed by atoms with Crippen molar-refractivity contribution in [2.24, 2.45) is 5.73 Å². The van der Waals surface area contributed by atoms with Crippen LogP contribution in [0.15, 0.2) is 22.7 Å². The summed E-state index contributed by atoms with van der Waals surface area (Å²) >= 11 is 3.37. The highest BCUT2D eigenvalue weighted by molar-refractivity contribution is 9.10. The summed E-state index contributed by atoms with van der Waals surface area (Å²) in [5, 5.41) is 4.50. The minimum atomic E-state index is -0.220. The predicted octanol–water partition coefficient (Wildman–Crippen LogP) is 3.86. The zero-order valence-corrected chi connectivity index (χ0v) is 13.5. The van der Waals surface area contributed by atoms with Crippen molar-refractivity contribution in [3.8, 4) is 0 Å². The molecule has 0 amide bonds. The normalized spacial score (nSPS) is 12.7. The molecular formula is C15H19BrFN3. The Morgan fingerprint density at radius 2 is 2.10 bits per heavy atom. The molecule has 2 rings (SSSR count). The first-order chi connectivity index (χ1) is 9.43. The number of aryl methyl sites for hydroxylation is 1. The second kappa shape index (κ2) is 6.06. The molecule has 108 valence electrons. The Morgan fingerprint density at radius 1 is 1.40 bits per heavy atom. The molecule has 0 radical (unpaired) electrons. The number of hydrogen-bond donors (Lipinski definition) is 1. The molecule has 2 aromatic rings. The van der Waals surface area contributed by atoms with Gasteiger partial charge in [-0.3, -0.25) is 4.68 Å². The van der Waals surface area contributed by atoms with Gasteiger partial charge < -0.3 is 5.73 Å². The average Bonchev–Trinajstić information content (AvgIpc) is 2.68. The summed E-state index contributed by atoms with van der Waals surface area (Å²) in [7, 11) is 0. The average molecular weight is 340 g/mol. The van der Waals surface area contributed by atoms with Gasteiger partial charge in [0.1, 0.15) is 5.82 Å². The molecule has 0 spiro atoms. The number of aromatic nitrogens is 2. The highest BCUT2D eigenvalue weighted by Gasteiger charge is 2.17. The molecule has 3 nitrogen and oxygen atoms in total. The van der Waals surface area contributed by atoms with Crippen molar-refractivity contribution in [1.29, 1.82) is 0 Å². The minimum Gasteiger partial charge on any atom is -0.324 e. The van der Waals surface area contributed by atoms with E-state index in [0.29, 0.717) is 12.1 Å². The van der Waals surface area contributed by atoms with E-state index >= 15 is 0 Å². The molecule has 0 saturated heterocycles. The predicted molar refractivity (Wildman–Crippen MR) is 82.1 cm³/mol. The molecule has 1 aromatic carbocycles. The Hall–Kier alpha value is -1.20. The highest BCUT2D eigenvalue weighted by atomic mass is 79.9. The maximum Gasteiger partial charge on any atom is 0.128 e. The van der Waals surface area contributed by atoms with Gasteiger partial charge in [0.05, 0.1) is 12.2 Å². The fourth-order valence-electron chi connectivity index (χ4n) is 2.43. The van der Waals surface area contributed by atoms with Crippen molar-refractivity contribution in [1.82, 2.24) is 9.78 Å². The summed E-state index contributed by atoms with van der Waals surface area (Å²) in [6.45, 7) is 6.40. The maximum absolute atomic E-state index is 13.8. The van der Waals surface area contributed by atoms with Crippen LogP contribution in [0.5, 0.6) is 0 Å². The first-order valence-electron chi connectivity index (χ1n) is 6.67. The Labute approximate surface area is 127 Å². The zero-order valence-electron chi connectivity index (χ0n) is 12.0. The molecule has 0 aliphatic carbocycles.